The molecule has 144 valence electrons. The van der Waals surface area contributed by atoms with Crippen LogP contribution in [0.4, 0.5) is 23.7 Å². The first-order valence-corrected chi connectivity index (χ1v) is 7.85. The average molecular weight is 374 g/mol. The Labute approximate surface area is 148 Å². The van der Waals surface area contributed by atoms with Crippen molar-refractivity contribution in [1.82, 2.24) is 15.5 Å². The smallest absolute Gasteiger partial charge is 0.338 e. The molecule has 3 N–H and O–H groups in total. The molecule has 4 amide bonds. The zero-order valence-electron chi connectivity index (χ0n) is 14.4. The maximum Gasteiger partial charge on any atom is 0.418 e. The number of carbonyl (C=O) groups is 3. The van der Waals surface area contributed by atoms with Gasteiger partial charge in [0.25, 0.3) is 0 Å². The van der Waals surface area contributed by atoms with E-state index in [1.54, 1.807) is 0 Å². The summed E-state index contributed by atoms with van der Waals surface area (Å²) in [6.45, 7) is 1.67. The summed E-state index contributed by atoms with van der Waals surface area (Å²) in [6, 6.07) is 3.96. The Morgan fingerprint density at radius 3 is 2.31 bits per heavy atom. The van der Waals surface area contributed by atoms with Crippen LogP contribution in [-0.4, -0.2) is 49.4 Å². The van der Waals surface area contributed by atoms with E-state index < -0.39 is 29.6 Å². The molecule has 0 saturated heterocycles. The Bertz CT molecular complexity index is 650. The monoisotopic (exact) mass is 374 g/mol. The number of amides is 4. The van der Waals surface area contributed by atoms with Crippen molar-refractivity contribution in [3.63, 3.8) is 0 Å². The van der Waals surface area contributed by atoms with Crippen molar-refractivity contribution < 1.29 is 27.6 Å². The second-order valence-electron chi connectivity index (χ2n) is 5.57. The number of urea groups is 1. The molecular formula is C16H21F3N4O3. The number of carbonyl (C=O) groups excluding carboxylic acids is 3. The lowest BCUT2D eigenvalue weighted by atomic mass is 10.1. The van der Waals surface area contributed by atoms with Crippen LogP contribution in [0.1, 0.15) is 18.9 Å². The highest BCUT2D eigenvalue weighted by atomic mass is 19.4. The van der Waals surface area contributed by atoms with E-state index in [1.807, 2.05) is 6.92 Å². The third-order valence-electron chi connectivity index (χ3n) is 3.12. The minimum absolute atomic E-state index is 0.270. The predicted octanol–water partition coefficient (Wildman–Crippen LogP) is 1.81. The summed E-state index contributed by atoms with van der Waals surface area (Å²) in [4.78, 5) is 36.2. The largest absolute Gasteiger partial charge is 0.418 e. The van der Waals surface area contributed by atoms with Gasteiger partial charge >= 0.3 is 12.2 Å². The van der Waals surface area contributed by atoms with Crippen molar-refractivity contribution >= 4 is 23.5 Å². The van der Waals surface area contributed by atoms with Crippen LogP contribution in [0.25, 0.3) is 0 Å². The van der Waals surface area contributed by atoms with Crippen molar-refractivity contribution in [3.8, 4) is 0 Å². The van der Waals surface area contributed by atoms with E-state index in [-0.39, 0.29) is 18.8 Å². The highest BCUT2D eigenvalue weighted by molar-refractivity contribution is 5.96. The number of hydrogen-bond acceptors (Lipinski definition) is 4. The summed E-state index contributed by atoms with van der Waals surface area (Å²) in [5, 5.41) is 6.72. The number of nitrogens with one attached hydrogen (secondary N) is 3. The molecule has 0 bridgehead atoms. The van der Waals surface area contributed by atoms with E-state index in [0.29, 0.717) is 13.0 Å². The number of alkyl halides is 3. The van der Waals surface area contributed by atoms with Gasteiger partial charge in [-0.2, -0.15) is 13.2 Å². The lowest BCUT2D eigenvalue weighted by Gasteiger charge is -2.17. The number of para-hydroxylation sites is 1. The first-order valence-electron chi connectivity index (χ1n) is 7.85. The maximum absolute atomic E-state index is 12.9. The number of anilines is 1. The highest BCUT2D eigenvalue weighted by Crippen LogP contribution is 2.34. The van der Waals surface area contributed by atoms with Gasteiger partial charge in [0.15, 0.2) is 0 Å². The number of hydrogen-bond donors (Lipinski definition) is 3. The lowest BCUT2D eigenvalue weighted by molar-refractivity contribution is -0.137. The van der Waals surface area contributed by atoms with Crippen LogP contribution in [0.3, 0.4) is 0 Å². The number of halogens is 3. The first-order chi connectivity index (χ1) is 12.1. The van der Waals surface area contributed by atoms with Crippen molar-refractivity contribution in [3.05, 3.63) is 29.8 Å². The summed E-state index contributed by atoms with van der Waals surface area (Å²) in [5.74, 6) is -1.35. The number of rotatable bonds is 7. The Kier molecular flexibility index (Phi) is 8.04. The van der Waals surface area contributed by atoms with E-state index in [2.05, 4.69) is 16.0 Å². The van der Waals surface area contributed by atoms with Crippen LogP contribution in [0.2, 0.25) is 0 Å². The molecule has 0 spiro atoms. The van der Waals surface area contributed by atoms with E-state index in [1.165, 1.54) is 24.1 Å². The third kappa shape index (κ3) is 7.51. The Morgan fingerprint density at radius 2 is 1.69 bits per heavy atom. The summed E-state index contributed by atoms with van der Waals surface area (Å²) >= 11 is 0. The van der Waals surface area contributed by atoms with E-state index in [4.69, 9.17) is 0 Å². The number of nitrogens with zero attached hydrogens (tertiary/aromatic N) is 1. The number of imide groups is 1. The summed E-state index contributed by atoms with van der Waals surface area (Å²) in [6.07, 6.45) is -3.89. The molecule has 0 aliphatic carbocycles. The van der Waals surface area contributed by atoms with Gasteiger partial charge < -0.3 is 10.6 Å². The molecule has 7 nitrogen and oxygen atoms in total. The van der Waals surface area contributed by atoms with Crippen molar-refractivity contribution in [2.75, 3.05) is 32.0 Å². The summed E-state index contributed by atoms with van der Waals surface area (Å²) in [5.41, 5.74) is -1.32. The van der Waals surface area contributed by atoms with E-state index in [0.717, 1.165) is 12.1 Å². The van der Waals surface area contributed by atoms with Crippen molar-refractivity contribution in [2.45, 2.75) is 19.5 Å². The molecule has 10 heteroatoms. The van der Waals surface area contributed by atoms with Gasteiger partial charge in [-0.25, -0.2) is 4.79 Å². The van der Waals surface area contributed by atoms with Crippen molar-refractivity contribution in [1.29, 1.82) is 0 Å². The quantitative estimate of drug-likeness (QED) is 0.679. The lowest BCUT2D eigenvalue weighted by Crippen LogP contribution is -2.45. The zero-order valence-corrected chi connectivity index (χ0v) is 14.4. The molecule has 0 heterocycles. The van der Waals surface area contributed by atoms with Gasteiger partial charge in [-0.1, -0.05) is 19.1 Å². The molecule has 0 aliphatic rings. The standard InChI is InChI=1S/C16H21F3N4O3/c1-3-8-20-15(26)22-14(25)10-23(2)9-13(24)21-12-7-5-4-6-11(12)16(17,18)19/h4-7H,3,8-10H2,1-2H3,(H,21,24)(H2,20,22,25,26). The molecule has 0 aliphatic heterocycles. The Hall–Kier alpha value is -2.62. The molecule has 1 aromatic carbocycles. The second kappa shape index (κ2) is 9.76. The van der Waals surface area contributed by atoms with Crippen LogP contribution in [0.15, 0.2) is 24.3 Å². The topological polar surface area (TPSA) is 90.5 Å². The summed E-state index contributed by atoms with van der Waals surface area (Å²) in [7, 11) is 1.43. The van der Waals surface area contributed by atoms with Crippen LogP contribution >= 0.6 is 0 Å². The molecule has 0 saturated carbocycles. The van der Waals surface area contributed by atoms with Gasteiger partial charge in [0.1, 0.15) is 0 Å². The molecule has 1 rings (SSSR count). The van der Waals surface area contributed by atoms with Gasteiger partial charge in [0.05, 0.1) is 24.3 Å². The van der Waals surface area contributed by atoms with Gasteiger partial charge in [-0.05, 0) is 25.6 Å². The summed E-state index contributed by atoms with van der Waals surface area (Å²) < 4.78 is 38.7. The minimum Gasteiger partial charge on any atom is -0.338 e. The van der Waals surface area contributed by atoms with Crippen LogP contribution in [0.5, 0.6) is 0 Å². The zero-order chi connectivity index (χ0) is 19.7. The molecular weight excluding hydrogens is 353 g/mol. The maximum atomic E-state index is 12.9. The fourth-order valence-electron chi connectivity index (χ4n) is 2.02. The SMILES string of the molecule is CCCNC(=O)NC(=O)CN(C)CC(=O)Nc1ccccc1C(F)(F)F. The predicted molar refractivity (Wildman–Crippen MR) is 89.4 cm³/mol. The van der Waals surface area contributed by atoms with Gasteiger partial charge in [-0.3, -0.25) is 19.8 Å². The van der Waals surface area contributed by atoms with Crippen LogP contribution < -0.4 is 16.0 Å². The van der Waals surface area contributed by atoms with Gasteiger partial charge in [0, 0.05) is 6.54 Å². The first kappa shape index (κ1) is 21.4. The Morgan fingerprint density at radius 1 is 1.08 bits per heavy atom. The second-order valence-corrected chi connectivity index (χ2v) is 5.57. The average Bonchev–Trinajstić information content (AvgIpc) is 2.51. The van der Waals surface area contributed by atoms with Crippen LogP contribution in [0, 0.1) is 0 Å². The molecule has 0 atom stereocenters. The molecule has 0 aromatic heterocycles. The normalized spacial score (nSPS) is 11.2. The van der Waals surface area contributed by atoms with Crippen molar-refractivity contribution in [2.24, 2.45) is 0 Å². The van der Waals surface area contributed by atoms with E-state index in [9.17, 15) is 27.6 Å². The fourth-order valence-corrected chi connectivity index (χ4v) is 2.02. The minimum atomic E-state index is -4.60. The van der Waals surface area contributed by atoms with Gasteiger partial charge in [0.2, 0.25) is 11.8 Å². The number of likely N-dealkylation sites (N-methyl/N-ethyl adjacent to an activating group) is 1. The third-order valence-corrected chi connectivity index (χ3v) is 3.12. The molecule has 0 radical (unpaired) electrons. The fraction of sp³-hybridized carbons (Fsp3) is 0.438. The molecule has 26 heavy (non-hydrogen) atoms. The number of benzene rings is 1. The van der Waals surface area contributed by atoms with Crippen LogP contribution in [-0.2, 0) is 15.8 Å². The molecule has 1 aromatic rings. The molecule has 0 unspecified atom stereocenters. The Balaban J connectivity index is 2.53. The molecule has 0 fully saturated rings. The van der Waals surface area contributed by atoms with Gasteiger partial charge in [-0.15, -0.1) is 0 Å². The van der Waals surface area contributed by atoms with E-state index >= 15 is 0 Å². The highest BCUT2D eigenvalue weighted by Gasteiger charge is 2.33.